The zero-order valence-electron chi connectivity index (χ0n) is 15.4. The highest BCUT2D eigenvalue weighted by Gasteiger charge is 2.15. The van der Waals surface area contributed by atoms with E-state index in [0.717, 1.165) is 38.8 Å². The van der Waals surface area contributed by atoms with Crippen molar-refractivity contribution in [2.24, 2.45) is 0 Å². The molecular weight excluding hydrogens is 278 g/mol. The number of hydrogen-bond donors (Lipinski definition) is 1. The Morgan fingerprint density at radius 3 is 2.57 bits per heavy atom. The van der Waals surface area contributed by atoms with E-state index < -0.39 is 0 Å². The van der Waals surface area contributed by atoms with Crippen molar-refractivity contribution in [1.29, 1.82) is 0 Å². The monoisotopic (exact) mass is 311 g/mol. The second kappa shape index (κ2) is 11.9. The van der Waals surface area contributed by atoms with E-state index in [-0.39, 0.29) is 0 Å². The summed E-state index contributed by atoms with van der Waals surface area (Å²) >= 11 is 0. The van der Waals surface area contributed by atoms with Gasteiger partial charge in [-0.2, -0.15) is 0 Å². The lowest BCUT2D eigenvalue weighted by Gasteiger charge is -2.22. The van der Waals surface area contributed by atoms with E-state index >= 15 is 0 Å². The van der Waals surface area contributed by atoms with E-state index in [0.29, 0.717) is 0 Å². The van der Waals surface area contributed by atoms with Crippen LogP contribution in [0.1, 0.15) is 53.4 Å². The fraction of sp³-hybridized carbons (Fsp3) is 0.455. The molecule has 1 saturated heterocycles. The Balaban J connectivity index is 0.00000127. The molecule has 0 radical (unpaired) electrons. The van der Waals surface area contributed by atoms with Crippen LogP contribution in [0.3, 0.4) is 0 Å². The molecular formula is C22H33N. The molecule has 2 aliphatic rings. The summed E-state index contributed by atoms with van der Waals surface area (Å²) in [4.78, 5) is 0. The van der Waals surface area contributed by atoms with Crippen LogP contribution in [0.4, 0.5) is 0 Å². The molecule has 126 valence electrons. The molecule has 0 spiro atoms. The normalized spacial score (nSPS) is 18.3. The van der Waals surface area contributed by atoms with Gasteiger partial charge in [-0.05, 0) is 62.4 Å². The van der Waals surface area contributed by atoms with E-state index in [4.69, 9.17) is 0 Å². The summed E-state index contributed by atoms with van der Waals surface area (Å²) < 4.78 is 0. The first-order valence-corrected chi connectivity index (χ1v) is 9.16. The number of hydrogen-bond acceptors (Lipinski definition) is 1. The Hall–Kier alpha value is -1.60. The minimum Gasteiger partial charge on any atom is -0.316 e. The van der Waals surface area contributed by atoms with E-state index in [1.165, 1.54) is 16.7 Å². The van der Waals surface area contributed by atoms with Gasteiger partial charge in [-0.1, -0.05) is 75.0 Å². The number of piperidine rings is 1. The van der Waals surface area contributed by atoms with Crippen LogP contribution in [0.2, 0.25) is 0 Å². The molecule has 1 heteroatoms. The molecule has 0 saturated carbocycles. The summed E-state index contributed by atoms with van der Waals surface area (Å²) in [5, 5.41) is 3.46. The van der Waals surface area contributed by atoms with Crippen molar-refractivity contribution in [1.82, 2.24) is 5.32 Å². The van der Waals surface area contributed by atoms with Crippen LogP contribution in [0.15, 0.2) is 70.9 Å². The fourth-order valence-corrected chi connectivity index (χ4v) is 2.87. The van der Waals surface area contributed by atoms with Crippen molar-refractivity contribution >= 4 is 0 Å². The first kappa shape index (κ1) is 19.4. The molecule has 1 nitrogen and oxygen atoms in total. The summed E-state index contributed by atoms with van der Waals surface area (Å²) in [6, 6.07) is 0. The Morgan fingerprint density at radius 1 is 1.17 bits per heavy atom. The Labute approximate surface area is 143 Å². The Morgan fingerprint density at radius 2 is 1.91 bits per heavy atom. The predicted octanol–water partition coefficient (Wildman–Crippen LogP) is 6.05. The highest BCUT2D eigenvalue weighted by molar-refractivity contribution is 5.59. The second-order valence-corrected chi connectivity index (χ2v) is 5.47. The number of allylic oxidation sites excluding steroid dienone is 11. The lowest BCUT2D eigenvalue weighted by Crippen LogP contribution is -2.24. The van der Waals surface area contributed by atoms with Gasteiger partial charge in [0.15, 0.2) is 0 Å². The van der Waals surface area contributed by atoms with Gasteiger partial charge in [-0.25, -0.2) is 0 Å². The maximum Gasteiger partial charge on any atom is -0.00111 e. The molecule has 23 heavy (non-hydrogen) atoms. The highest BCUT2D eigenvalue weighted by Crippen LogP contribution is 2.31. The molecule has 1 aliphatic heterocycles. The standard InChI is InChI=1S/C20H27N.C2H6/c1-3-5-10-17(4-2)20(19-13-15-21-16-14-19)18-11-8-6-7-9-12-18;1-2/h4-6,8-12,21H,3,7,13-16H2,1-2H3;1-2H3/b10-5-,17-4+;. The average Bonchev–Trinajstić information content (AvgIpc) is 2.90. The van der Waals surface area contributed by atoms with Crippen LogP contribution in [-0.2, 0) is 0 Å². The molecule has 1 fully saturated rings. The third kappa shape index (κ3) is 6.19. The molecule has 0 atom stereocenters. The fourth-order valence-electron chi connectivity index (χ4n) is 2.87. The summed E-state index contributed by atoms with van der Waals surface area (Å²) in [6.45, 7) is 10.5. The van der Waals surface area contributed by atoms with Gasteiger partial charge in [-0.3, -0.25) is 0 Å². The van der Waals surface area contributed by atoms with Crippen LogP contribution in [0.25, 0.3) is 0 Å². The maximum atomic E-state index is 3.46. The van der Waals surface area contributed by atoms with Gasteiger partial charge in [0.05, 0.1) is 0 Å². The molecule has 0 unspecified atom stereocenters. The average molecular weight is 312 g/mol. The molecule has 0 amide bonds. The van der Waals surface area contributed by atoms with Gasteiger partial charge in [0, 0.05) is 0 Å². The minimum absolute atomic E-state index is 1.03. The number of rotatable bonds is 4. The molecule has 2 rings (SSSR count). The second-order valence-electron chi connectivity index (χ2n) is 5.47. The zero-order chi connectivity index (χ0) is 16.9. The van der Waals surface area contributed by atoms with Crippen LogP contribution >= 0.6 is 0 Å². The molecule has 1 heterocycles. The maximum absolute atomic E-state index is 3.46. The number of nitrogens with one attached hydrogen (secondary N) is 1. The molecule has 0 aromatic rings. The summed E-state index contributed by atoms with van der Waals surface area (Å²) in [6.07, 6.45) is 22.4. The molecule has 0 aromatic heterocycles. The lowest BCUT2D eigenvalue weighted by molar-refractivity contribution is 0.606. The van der Waals surface area contributed by atoms with Crippen LogP contribution < -0.4 is 5.32 Å². The Kier molecular flexibility index (Phi) is 10.1. The summed E-state index contributed by atoms with van der Waals surface area (Å²) in [5.74, 6) is 0. The van der Waals surface area contributed by atoms with Gasteiger partial charge in [0.2, 0.25) is 0 Å². The van der Waals surface area contributed by atoms with Gasteiger partial charge >= 0.3 is 0 Å². The first-order valence-electron chi connectivity index (χ1n) is 9.16. The van der Waals surface area contributed by atoms with Gasteiger partial charge in [-0.15, -0.1) is 0 Å². The quantitative estimate of drug-likeness (QED) is 0.623. The lowest BCUT2D eigenvalue weighted by atomic mass is 9.87. The van der Waals surface area contributed by atoms with E-state index in [2.05, 4.69) is 67.8 Å². The molecule has 1 N–H and O–H groups in total. The van der Waals surface area contributed by atoms with Gasteiger partial charge < -0.3 is 5.32 Å². The minimum atomic E-state index is 1.03. The summed E-state index contributed by atoms with van der Waals surface area (Å²) in [7, 11) is 0. The largest absolute Gasteiger partial charge is 0.316 e. The van der Waals surface area contributed by atoms with Crippen molar-refractivity contribution in [3.8, 4) is 0 Å². The van der Waals surface area contributed by atoms with Crippen LogP contribution in [-0.4, -0.2) is 13.1 Å². The topological polar surface area (TPSA) is 12.0 Å². The van der Waals surface area contributed by atoms with E-state index in [1.807, 2.05) is 13.8 Å². The van der Waals surface area contributed by atoms with Crippen LogP contribution in [0.5, 0.6) is 0 Å². The predicted molar refractivity (Wildman–Crippen MR) is 105 cm³/mol. The highest BCUT2D eigenvalue weighted by atomic mass is 14.9. The van der Waals surface area contributed by atoms with Crippen molar-refractivity contribution in [3.05, 3.63) is 70.9 Å². The van der Waals surface area contributed by atoms with Crippen molar-refractivity contribution < 1.29 is 0 Å². The first-order chi connectivity index (χ1) is 11.4. The Bertz CT molecular complexity index is 516. The zero-order valence-corrected chi connectivity index (χ0v) is 15.4. The smallest absolute Gasteiger partial charge is 0.00111 e. The third-order valence-corrected chi connectivity index (χ3v) is 3.96. The van der Waals surface area contributed by atoms with E-state index in [1.54, 1.807) is 5.57 Å². The van der Waals surface area contributed by atoms with Crippen molar-refractivity contribution in [3.63, 3.8) is 0 Å². The molecule has 0 aromatic carbocycles. The van der Waals surface area contributed by atoms with Gasteiger partial charge in [0.1, 0.15) is 0 Å². The van der Waals surface area contributed by atoms with Gasteiger partial charge in [0.25, 0.3) is 0 Å². The van der Waals surface area contributed by atoms with Crippen molar-refractivity contribution in [2.45, 2.75) is 53.4 Å². The summed E-state index contributed by atoms with van der Waals surface area (Å²) in [5.41, 5.74) is 5.76. The molecule has 0 bridgehead atoms. The molecule has 1 aliphatic carbocycles. The third-order valence-electron chi connectivity index (χ3n) is 3.96. The SMILES string of the molecule is C/C=C(\C=C/CC)C(C1=CC=CCC=C1)=C1CCNCC1.CC. The van der Waals surface area contributed by atoms with Crippen molar-refractivity contribution in [2.75, 3.05) is 13.1 Å². The van der Waals surface area contributed by atoms with E-state index in [9.17, 15) is 0 Å². The van der Waals surface area contributed by atoms with Crippen LogP contribution in [0, 0.1) is 0 Å².